The predicted molar refractivity (Wildman–Crippen MR) is 94.6 cm³/mol. The van der Waals surface area contributed by atoms with Crippen LogP contribution >= 0.6 is 11.3 Å². The molecule has 0 aliphatic heterocycles. The van der Waals surface area contributed by atoms with Crippen LogP contribution in [0.15, 0.2) is 41.8 Å². The summed E-state index contributed by atoms with van der Waals surface area (Å²) in [6, 6.07) is 11.6. The number of ether oxygens (including phenoxy) is 1. The van der Waals surface area contributed by atoms with Crippen molar-refractivity contribution < 1.29 is 9.53 Å². The molecule has 0 atom stereocenters. The van der Waals surface area contributed by atoms with Crippen LogP contribution in [0.3, 0.4) is 0 Å². The summed E-state index contributed by atoms with van der Waals surface area (Å²) in [7, 11) is 0. The minimum Gasteiger partial charge on any atom is -0.460 e. The molecule has 24 heavy (non-hydrogen) atoms. The molecule has 6 heteroatoms. The standard InChI is InChI=1S/C18H19N3O2S/c1-4-13-7-9-14(10-8-13)17(22)21-16(15-6-5-11-24-15)19-18(20-21)23-12(2)3/h5-12H,4H2,1-3H3. The molecule has 0 radical (unpaired) electrons. The molecule has 0 saturated heterocycles. The molecule has 3 aromatic rings. The molecule has 2 heterocycles. The lowest BCUT2D eigenvalue weighted by molar-refractivity contribution is 0.0943. The molecule has 0 spiro atoms. The zero-order valence-corrected chi connectivity index (χ0v) is 14.7. The molecule has 0 bridgehead atoms. The van der Waals surface area contributed by atoms with E-state index < -0.39 is 0 Å². The van der Waals surface area contributed by atoms with Crippen molar-refractivity contribution >= 4 is 17.2 Å². The van der Waals surface area contributed by atoms with Gasteiger partial charge < -0.3 is 4.74 Å². The van der Waals surface area contributed by atoms with Gasteiger partial charge in [0.1, 0.15) is 0 Å². The number of rotatable bonds is 5. The molecule has 0 aliphatic rings. The zero-order valence-electron chi connectivity index (χ0n) is 13.9. The molecule has 0 unspecified atom stereocenters. The monoisotopic (exact) mass is 341 g/mol. The Labute approximate surface area is 144 Å². The minimum atomic E-state index is -0.216. The molecule has 0 fully saturated rings. The van der Waals surface area contributed by atoms with Crippen molar-refractivity contribution in [3.63, 3.8) is 0 Å². The van der Waals surface area contributed by atoms with Gasteiger partial charge in [-0.25, -0.2) is 0 Å². The second kappa shape index (κ2) is 6.97. The second-order valence-corrected chi connectivity index (χ2v) is 6.58. The van der Waals surface area contributed by atoms with Crippen LogP contribution in [0.2, 0.25) is 0 Å². The number of thiophene rings is 1. The third-order valence-electron chi connectivity index (χ3n) is 3.47. The fourth-order valence-corrected chi connectivity index (χ4v) is 2.96. The van der Waals surface area contributed by atoms with Gasteiger partial charge >= 0.3 is 6.01 Å². The van der Waals surface area contributed by atoms with Crippen LogP contribution in [0.4, 0.5) is 0 Å². The van der Waals surface area contributed by atoms with E-state index in [0.29, 0.717) is 11.4 Å². The number of aryl methyl sites for hydroxylation is 1. The SMILES string of the molecule is CCc1ccc(C(=O)n2nc(OC(C)C)nc2-c2cccs2)cc1. The smallest absolute Gasteiger partial charge is 0.336 e. The maximum Gasteiger partial charge on any atom is 0.336 e. The Balaban J connectivity index is 2.01. The van der Waals surface area contributed by atoms with E-state index in [2.05, 4.69) is 17.0 Å². The Hall–Kier alpha value is -2.47. The van der Waals surface area contributed by atoms with Gasteiger partial charge in [-0.15, -0.1) is 16.4 Å². The molecule has 0 N–H and O–H groups in total. The highest BCUT2D eigenvalue weighted by molar-refractivity contribution is 7.13. The lowest BCUT2D eigenvalue weighted by atomic mass is 10.1. The molecule has 5 nitrogen and oxygen atoms in total. The zero-order chi connectivity index (χ0) is 17.1. The number of carbonyl (C=O) groups excluding carboxylic acids is 1. The molecule has 1 aromatic carbocycles. The number of carbonyl (C=O) groups is 1. The number of nitrogens with zero attached hydrogens (tertiary/aromatic N) is 3. The first-order chi connectivity index (χ1) is 11.6. The largest absolute Gasteiger partial charge is 0.460 e. The average Bonchev–Trinajstić information content (AvgIpc) is 3.23. The van der Waals surface area contributed by atoms with Crippen LogP contribution in [0.5, 0.6) is 6.01 Å². The summed E-state index contributed by atoms with van der Waals surface area (Å²) in [5, 5.41) is 6.21. The Morgan fingerprint density at radius 1 is 1.25 bits per heavy atom. The third kappa shape index (κ3) is 3.38. The maximum absolute atomic E-state index is 12.9. The molecule has 124 valence electrons. The Morgan fingerprint density at radius 3 is 2.58 bits per heavy atom. The van der Waals surface area contributed by atoms with Gasteiger partial charge in [-0.1, -0.05) is 25.1 Å². The van der Waals surface area contributed by atoms with Gasteiger partial charge in [0.15, 0.2) is 5.82 Å². The number of hydrogen-bond acceptors (Lipinski definition) is 5. The maximum atomic E-state index is 12.9. The van der Waals surface area contributed by atoms with E-state index in [1.807, 2.05) is 55.6 Å². The quantitative estimate of drug-likeness (QED) is 0.702. The van der Waals surface area contributed by atoms with Gasteiger partial charge in [-0.05, 0) is 49.4 Å². The van der Waals surface area contributed by atoms with Crippen molar-refractivity contribution in [1.82, 2.24) is 14.8 Å². The molecular weight excluding hydrogens is 322 g/mol. The Morgan fingerprint density at radius 2 is 2.00 bits per heavy atom. The van der Waals surface area contributed by atoms with Crippen LogP contribution in [-0.4, -0.2) is 26.8 Å². The van der Waals surface area contributed by atoms with E-state index in [-0.39, 0.29) is 18.0 Å². The summed E-state index contributed by atoms with van der Waals surface area (Å²) in [6.07, 6.45) is 0.876. The summed E-state index contributed by atoms with van der Waals surface area (Å²) in [5.74, 6) is 0.289. The summed E-state index contributed by atoms with van der Waals surface area (Å²) < 4.78 is 6.89. The fraction of sp³-hybridized carbons (Fsp3) is 0.278. The van der Waals surface area contributed by atoms with E-state index >= 15 is 0 Å². The van der Waals surface area contributed by atoms with Crippen LogP contribution in [0.25, 0.3) is 10.7 Å². The van der Waals surface area contributed by atoms with Crippen LogP contribution in [-0.2, 0) is 6.42 Å². The van der Waals surface area contributed by atoms with Crippen LogP contribution < -0.4 is 4.74 Å². The van der Waals surface area contributed by atoms with Gasteiger partial charge in [0.05, 0.1) is 11.0 Å². The van der Waals surface area contributed by atoms with E-state index in [1.54, 1.807) is 0 Å². The van der Waals surface area contributed by atoms with Crippen molar-refractivity contribution in [3.8, 4) is 16.7 Å². The molecule has 0 amide bonds. The number of aromatic nitrogens is 3. The first-order valence-corrected chi connectivity index (χ1v) is 8.77. The summed E-state index contributed by atoms with van der Waals surface area (Å²) >= 11 is 1.51. The normalized spacial score (nSPS) is 11.0. The highest BCUT2D eigenvalue weighted by Gasteiger charge is 2.21. The van der Waals surface area contributed by atoms with Crippen molar-refractivity contribution in [2.24, 2.45) is 0 Å². The lowest BCUT2D eigenvalue weighted by Crippen LogP contribution is -2.15. The summed E-state index contributed by atoms with van der Waals surface area (Å²) in [4.78, 5) is 18.1. The molecular formula is C18H19N3O2S. The summed E-state index contributed by atoms with van der Waals surface area (Å²) in [6.45, 7) is 5.88. The lowest BCUT2D eigenvalue weighted by Gasteiger charge is -2.04. The summed E-state index contributed by atoms with van der Waals surface area (Å²) in [5.41, 5.74) is 1.76. The Bertz CT molecular complexity index is 821. The van der Waals surface area contributed by atoms with Gasteiger partial charge in [0, 0.05) is 5.56 Å². The first kappa shape index (κ1) is 16.4. The molecule has 0 saturated carbocycles. The van der Waals surface area contributed by atoms with E-state index in [4.69, 9.17) is 4.74 Å². The average molecular weight is 341 g/mol. The Kier molecular flexibility index (Phi) is 4.76. The number of hydrogen-bond donors (Lipinski definition) is 0. The van der Waals surface area contributed by atoms with Crippen molar-refractivity contribution in [2.45, 2.75) is 33.3 Å². The first-order valence-electron chi connectivity index (χ1n) is 7.89. The van der Waals surface area contributed by atoms with Gasteiger partial charge in [-0.2, -0.15) is 9.67 Å². The minimum absolute atomic E-state index is 0.0593. The van der Waals surface area contributed by atoms with Crippen molar-refractivity contribution in [1.29, 1.82) is 0 Å². The van der Waals surface area contributed by atoms with E-state index in [1.165, 1.54) is 21.6 Å². The fourth-order valence-electron chi connectivity index (χ4n) is 2.27. The molecule has 3 rings (SSSR count). The van der Waals surface area contributed by atoms with Crippen LogP contribution in [0.1, 0.15) is 36.7 Å². The number of benzene rings is 1. The predicted octanol–water partition coefficient (Wildman–Crippen LogP) is 4.04. The second-order valence-electron chi connectivity index (χ2n) is 5.63. The van der Waals surface area contributed by atoms with Crippen LogP contribution in [0, 0.1) is 0 Å². The van der Waals surface area contributed by atoms with E-state index in [9.17, 15) is 4.79 Å². The molecule has 2 aromatic heterocycles. The van der Waals surface area contributed by atoms with E-state index in [0.717, 1.165) is 11.3 Å². The van der Waals surface area contributed by atoms with Gasteiger partial charge in [0.25, 0.3) is 5.91 Å². The third-order valence-corrected chi connectivity index (χ3v) is 4.34. The van der Waals surface area contributed by atoms with Crippen molar-refractivity contribution in [2.75, 3.05) is 0 Å². The van der Waals surface area contributed by atoms with Crippen molar-refractivity contribution in [3.05, 3.63) is 52.9 Å². The van der Waals surface area contributed by atoms with Gasteiger partial charge in [-0.3, -0.25) is 4.79 Å². The highest BCUT2D eigenvalue weighted by atomic mass is 32.1. The van der Waals surface area contributed by atoms with Gasteiger partial charge in [0.2, 0.25) is 0 Å². The topological polar surface area (TPSA) is 57.0 Å². The molecule has 0 aliphatic carbocycles. The highest BCUT2D eigenvalue weighted by Crippen LogP contribution is 2.25.